The molecule has 0 saturated carbocycles. The van der Waals surface area contributed by atoms with Gasteiger partial charge >= 0.3 is 0 Å². The number of anilines is 1. The molecule has 0 aliphatic carbocycles. The normalized spacial score (nSPS) is 17.0. The lowest BCUT2D eigenvalue weighted by molar-refractivity contribution is 0.274. The molecule has 3 rings (SSSR count). The molecule has 1 N–H and O–H groups in total. The van der Waals surface area contributed by atoms with Crippen LogP contribution in [0.4, 0.5) is 10.1 Å². The van der Waals surface area contributed by atoms with Gasteiger partial charge in [-0.3, -0.25) is 0 Å². The largest absolute Gasteiger partial charge is 0.492 e. The molecule has 0 spiro atoms. The van der Waals surface area contributed by atoms with Gasteiger partial charge in [0.1, 0.15) is 11.6 Å². The number of hydrogen-bond acceptors (Lipinski definition) is 2. The monoisotopic (exact) mass is 325 g/mol. The lowest BCUT2D eigenvalue weighted by Crippen LogP contribution is -2.21. The van der Waals surface area contributed by atoms with Crippen molar-refractivity contribution in [3.8, 4) is 5.75 Å². The number of nitrogens with one attached hydrogen (secondary N) is 1. The second-order valence-corrected chi connectivity index (χ2v) is 5.94. The van der Waals surface area contributed by atoms with Gasteiger partial charge in [0.25, 0.3) is 0 Å². The van der Waals surface area contributed by atoms with Gasteiger partial charge in [-0.25, -0.2) is 4.39 Å². The molecule has 1 aliphatic heterocycles. The molecule has 0 fully saturated rings. The molecule has 1 aliphatic rings. The van der Waals surface area contributed by atoms with Crippen molar-refractivity contribution in [1.82, 2.24) is 0 Å². The second kappa shape index (κ2) is 5.74. The van der Waals surface area contributed by atoms with Gasteiger partial charge in [0, 0.05) is 22.7 Å². The number of rotatable bonds is 2. The zero-order valence-electron chi connectivity index (χ0n) is 11.4. The van der Waals surface area contributed by atoms with Crippen molar-refractivity contribution in [1.29, 1.82) is 0 Å². The van der Waals surface area contributed by atoms with Gasteiger partial charge in [-0.15, -0.1) is 0 Å². The Morgan fingerprint density at radius 1 is 1.24 bits per heavy atom. The third-order valence-electron chi connectivity index (χ3n) is 3.59. The van der Waals surface area contributed by atoms with Crippen LogP contribution in [0, 0.1) is 12.7 Å². The van der Waals surface area contributed by atoms with Crippen LogP contribution in [0.15, 0.2) is 30.3 Å². The summed E-state index contributed by atoms with van der Waals surface area (Å²) in [7, 11) is 0. The maximum absolute atomic E-state index is 13.4. The standard InChI is InChI=1S/C16H14Cl2FNO/c1-9-2-3-11(19)8-15(9)20-14-4-5-21-16-12(14)6-10(17)7-13(16)18/h2-3,6-8,14,20H,4-5H2,1H3. The van der Waals surface area contributed by atoms with Gasteiger partial charge in [0.05, 0.1) is 17.7 Å². The quantitative estimate of drug-likeness (QED) is 0.800. The fourth-order valence-electron chi connectivity index (χ4n) is 2.51. The third kappa shape index (κ3) is 2.94. The molecule has 1 unspecified atom stereocenters. The predicted molar refractivity (Wildman–Crippen MR) is 84.1 cm³/mol. The first-order valence-corrected chi connectivity index (χ1v) is 7.44. The van der Waals surface area contributed by atoms with Gasteiger partial charge in [-0.2, -0.15) is 0 Å². The van der Waals surface area contributed by atoms with E-state index in [1.807, 2.05) is 13.0 Å². The molecule has 0 saturated heterocycles. The number of fused-ring (bicyclic) bond motifs is 1. The minimum atomic E-state index is -0.264. The molecule has 1 atom stereocenters. The van der Waals surface area contributed by atoms with Crippen LogP contribution in [-0.2, 0) is 0 Å². The van der Waals surface area contributed by atoms with Crippen LogP contribution in [0.2, 0.25) is 10.0 Å². The Kier molecular flexibility index (Phi) is 3.96. The Balaban J connectivity index is 1.97. The summed E-state index contributed by atoms with van der Waals surface area (Å²) < 4.78 is 19.0. The van der Waals surface area contributed by atoms with Crippen molar-refractivity contribution in [2.45, 2.75) is 19.4 Å². The Morgan fingerprint density at radius 3 is 2.86 bits per heavy atom. The zero-order valence-corrected chi connectivity index (χ0v) is 12.9. The van der Waals surface area contributed by atoms with Crippen LogP contribution >= 0.6 is 23.2 Å². The lowest BCUT2D eigenvalue weighted by Gasteiger charge is -2.29. The van der Waals surface area contributed by atoms with Crippen LogP contribution in [0.1, 0.15) is 23.6 Å². The highest BCUT2D eigenvalue weighted by Gasteiger charge is 2.24. The van der Waals surface area contributed by atoms with E-state index in [1.54, 1.807) is 12.1 Å². The van der Waals surface area contributed by atoms with E-state index >= 15 is 0 Å². The molecule has 0 radical (unpaired) electrons. The van der Waals surface area contributed by atoms with E-state index in [9.17, 15) is 4.39 Å². The molecule has 2 nitrogen and oxygen atoms in total. The van der Waals surface area contributed by atoms with Gasteiger partial charge < -0.3 is 10.1 Å². The van der Waals surface area contributed by atoms with E-state index in [1.165, 1.54) is 12.1 Å². The van der Waals surface area contributed by atoms with Crippen molar-refractivity contribution in [3.05, 3.63) is 57.3 Å². The lowest BCUT2D eigenvalue weighted by atomic mass is 9.99. The molecule has 21 heavy (non-hydrogen) atoms. The highest BCUT2D eigenvalue weighted by atomic mass is 35.5. The average molecular weight is 326 g/mol. The highest BCUT2D eigenvalue weighted by molar-refractivity contribution is 6.35. The SMILES string of the molecule is Cc1ccc(F)cc1NC1CCOc2c(Cl)cc(Cl)cc21. The minimum absolute atomic E-state index is 0.00884. The summed E-state index contributed by atoms with van der Waals surface area (Å²) in [5.41, 5.74) is 2.66. The minimum Gasteiger partial charge on any atom is -0.492 e. The Bertz CT molecular complexity index is 690. The Hall–Kier alpha value is -1.45. The Morgan fingerprint density at radius 2 is 2.05 bits per heavy atom. The number of aryl methyl sites for hydroxylation is 1. The summed E-state index contributed by atoms with van der Waals surface area (Å²) in [6.45, 7) is 2.49. The number of hydrogen-bond donors (Lipinski definition) is 1. The van der Waals surface area contributed by atoms with Crippen molar-refractivity contribution in [2.75, 3.05) is 11.9 Å². The molecule has 2 aromatic rings. The van der Waals surface area contributed by atoms with Gasteiger partial charge in [0.2, 0.25) is 0 Å². The van der Waals surface area contributed by atoms with Crippen molar-refractivity contribution >= 4 is 28.9 Å². The number of halogens is 3. The number of ether oxygens (including phenoxy) is 1. The summed E-state index contributed by atoms with van der Waals surface area (Å²) in [4.78, 5) is 0. The smallest absolute Gasteiger partial charge is 0.143 e. The molecule has 0 aromatic heterocycles. The Labute approximate surface area is 132 Å². The molecule has 5 heteroatoms. The fourth-order valence-corrected chi connectivity index (χ4v) is 3.08. The second-order valence-electron chi connectivity index (χ2n) is 5.10. The van der Waals surface area contributed by atoms with E-state index < -0.39 is 0 Å². The van der Waals surface area contributed by atoms with E-state index in [0.717, 1.165) is 23.2 Å². The molecule has 0 amide bonds. The zero-order chi connectivity index (χ0) is 15.0. The summed E-state index contributed by atoms with van der Waals surface area (Å²) in [5.74, 6) is 0.387. The fraction of sp³-hybridized carbons (Fsp3) is 0.250. The van der Waals surface area contributed by atoms with Crippen molar-refractivity contribution in [3.63, 3.8) is 0 Å². The first-order chi connectivity index (χ1) is 10.0. The van der Waals surface area contributed by atoms with E-state index in [-0.39, 0.29) is 11.9 Å². The summed E-state index contributed by atoms with van der Waals surface area (Å²) in [5, 5.41) is 4.43. The van der Waals surface area contributed by atoms with Crippen molar-refractivity contribution < 1.29 is 9.13 Å². The molecule has 0 bridgehead atoms. The topological polar surface area (TPSA) is 21.3 Å². The van der Waals surface area contributed by atoms with Crippen LogP contribution in [0.3, 0.4) is 0 Å². The van der Waals surface area contributed by atoms with Crippen LogP contribution < -0.4 is 10.1 Å². The predicted octanol–water partition coefficient (Wildman–Crippen LogP) is 5.38. The van der Waals surface area contributed by atoms with Crippen molar-refractivity contribution in [2.24, 2.45) is 0 Å². The van der Waals surface area contributed by atoms with Crippen LogP contribution in [0.5, 0.6) is 5.75 Å². The summed E-state index contributed by atoms with van der Waals surface area (Å²) in [6.07, 6.45) is 0.764. The summed E-state index contributed by atoms with van der Waals surface area (Å²) >= 11 is 12.3. The van der Waals surface area contributed by atoms with Gasteiger partial charge in [0.15, 0.2) is 0 Å². The van der Waals surface area contributed by atoms with Gasteiger partial charge in [-0.05, 0) is 36.8 Å². The maximum atomic E-state index is 13.4. The first-order valence-electron chi connectivity index (χ1n) is 6.69. The molecule has 110 valence electrons. The molecular formula is C16H14Cl2FNO. The van der Waals surface area contributed by atoms with E-state index in [2.05, 4.69) is 5.32 Å². The van der Waals surface area contributed by atoms with E-state index in [0.29, 0.717) is 22.4 Å². The summed E-state index contributed by atoms with van der Waals surface area (Å²) in [6, 6.07) is 8.20. The van der Waals surface area contributed by atoms with Crippen LogP contribution in [0.25, 0.3) is 0 Å². The van der Waals surface area contributed by atoms with Gasteiger partial charge in [-0.1, -0.05) is 29.3 Å². The first kappa shape index (κ1) is 14.5. The molecule has 1 heterocycles. The third-order valence-corrected chi connectivity index (χ3v) is 4.09. The van der Waals surface area contributed by atoms with Crippen LogP contribution in [-0.4, -0.2) is 6.61 Å². The average Bonchev–Trinajstić information content (AvgIpc) is 2.43. The molecular weight excluding hydrogens is 312 g/mol. The highest BCUT2D eigenvalue weighted by Crippen LogP contribution is 2.41. The number of benzene rings is 2. The maximum Gasteiger partial charge on any atom is 0.143 e. The molecule has 2 aromatic carbocycles. The van der Waals surface area contributed by atoms with E-state index in [4.69, 9.17) is 27.9 Å².